The number of hydrogen-bond acceptors (Lipinski definition) is 1. The van der Waals surface area contributed by atoms with Crippen LogP contribution in [0.4, 0.5) is 0 Å². The maximum absolute atomic E-state index is 6.30. The molecule has 0 radical (unpaired) electrons. The van der Waals surface area contributed by atoms with Gasteiger partial charge in [-0.25, -0.2) is 0 Å². The predicted octanol–water partition coefficient (Wildman–Crippen LogP) is 4.04. The molecule has 0 heterocycles. The lowest BCUT2D eigenvalue weighted by Gasteiger charge is -2.39. The van der Waals surface area contributed by atoms with Crippen molar-refractivity contribution in [3.63, 3.8) is 0 Å². The van der Waals surface area contributed by atoms with Gasteiger partial charge in [0.15, 0.2) is 0 Å². The number of halogens is 1. The van der Waals surface area contributed by atoms with Crippen LogP contribution >= 0.6 is 15.9 Å². The summed E-state index contributed by atoms with van der Waals surface area (Å²) in [4.78, 5) is 0. The van der Waals surface area contributed by atoms with Crippen LogP contribution < -0.4 is 0 Å². The van der Waals surface area contributed by atoms with E-state index in [1.807, 2.05) is 0 Å². The Balaban J connectivity index is 1.90. The maximum atomic E-state index is 6.30. The summed E-state index contributed by atoms with van der Waals surface area (Å²) < 4.78 is 6.30. The summed E-state index contributed by atoms with van der Waals surface area (Å²) in [5, 5.41) is 1.04. The zero-order chi connectivity index (χ0) is 9.86. The normalized spacial score (nSPS) is 28.1. The molecule has 0 aliphatic heterocycles. The second-order valence-electron chi connectivity index (χ2n) is 4.90. The van der Waals surface area contributed by atoms with Crippen molar-refractivity contribution in [1.82, 2.24) is 0 Å². The number of ether oxygens (including phenoxy) is 1. The molecule has 0 N–H and O–H groups in total. The van der Waals surface area contributed by atoms with Crippen molar-refractivity contribution in [3.8, 4) is 0 Å². The summed E-state index contributed by atoms with van der Waals surface area (Å²) in [6.45, 7) is 0. The standard InChI is InChI=1S/C12H21BrO/c13-10-12(14-11-6-5-7-11)8-3-1-2-4-9-12/h11H,1-10H2. The van der Waals surface area contributed by atoms with Gasteiger partial charge in [-0.05, 0) is 32.1 Å². The zero-order valence-corrected chi connectivity index (χ0v) is 10.5. The Labute approximate surface area is 95.7 Å². The molecule has 2 fully saturated rings. The second kappa shape index (κ2) is 4.98. The van der Waals surface area contributed by atoms with Crippen molar-refractivity contribution < 1.29 is 4.74 Å². The van der Waals surface area contributed by atoms with Crippen molar-refractivity contribution >= 4 is 15.9 Å². The van der Waals surface area contributed by atoms with Crippen LogP contribution in [0.15, 0.2) is 0 Å². The van der Waals surface area contributed by atoms with Crippen LogP contribution in [-0.4, -0.2) is 17.0 Å². The van der Waals surface area contributed by atoms with Gasteiger partial charge in [0.2, 0.25) is 0 Å². The number of rotatable bonds is 3. The molecule has 0 amide bonds. The minimum Gasteiger partial charge on any atom is -0.371 e. The fraction of sp³-hybridized carbons (Fsp3) is 1.00. The van der Waals surface area contributed by atoms with Crippen molar-refractivity contribution in [2.75, 3.05) is 5.33 Å². The Bertz CT molecular complexity index is 169. The van der Waals surface area contributed by atoms with Gasteiger partial charge < -0.3 is 4.74 Å². The lowest BCUT2D eigenvalue weighted by molar-refractivity contribution is -0.115. The van der Waals surface area contributed by atoms with Crippen molar-refractivity contribution in [1.29, 1.82) is 0 Å². The monoisotopic (exact) mass is 260 g/mol. The summed E-state index contributed by atoms with van der Waals surface area (Å²) in [6, 6.07) is 0. The topological polar surface area (TPSA) is 9.23 Å². The van der Waals surface area contributed by atoms with Crippen LogP contribution in [0.3, 0.4) is 0 Å². The van der Waals surface area contributed by atoms with Crippen LogP contribution in [-0.2, 0) is 4.74 Å². The summed E-state index contributed by atoms with van der Waals surface area (Å²) in [6.07, 6.45) is 12.6. The first kappa shape index (κ1) is 10.9. The molecule has 82 valence electrons. The largest absolute Gasteiger partial charge is 0.371 e. The van der Waals surface area contributed by atoms with E-state index in [4.69, 9.17) is 4.74 Å². The first-order chi connectivity index (χ1) is 6.85. The predicted molar refractivity (Wildman–Crippen MR) is 63.0 cm³/mol. The molecule has 2 rings (SSSR count). The fourth-order valence-electron chi connectivity index (χ4n) is 2.50. The average molecular weight is 261 g/mol. The van der Waals surface area contributed by atoms with Gasteiger partial charge in [0.25, 0.3) is 0 Å². The van der Waals surface area contributed by atoms with Gasteiger partial charge in [0, 0.05) is 5.33 Å². The quantitative estimate of drug-likeness (QED) is 0.550. The van der Waals surface area contributed by atoms with Crippen molar-refractivity contribution in [3.05, 3.63) is 0 Å². The average Bonchev–Trinajstić information content (AvgIpc) is 2.38. The third-order valence-corrected chi connectivity index (χ3v) is 4.75. The molecule has 1 nitrogen and oxygen atoms in total. The number of alkyl halides is 1. The van der Waals surface area contributed by atoms with E-state index in [2.05, 4.69) is 15.9 Å². The van der Waals surface area contributed by atoms with Crippen molar-refractivity contribution in [2.45, 2.75) is 69.5 Å². The molecule has 2 aliphatic carbocycles. The second-order valence-corrected chi connectivity index (χ2v) is 5.46. The Morgan fingerprint density at radius 2 is 1.64 bits per heavy atom. The Morgan fingerprint density at radius 1 is 1.00 bits per heavy atom. The van der Waals surface area contributed by atoms with E-state index in [0.29, 0.717) is 6.10 Å². The third-order valence-electron chi connectivity index (χ3n) is 3.73. The van der Waals surface area contributed by atoms with Gasteiger partial charge in [-0.3, -0.25) is 0 Å². The molecule has 2 heteroatoms. The smallest absolute Gasteiger partial charge is 0.0782 e. The highest BCUT2D eigenvalue weighted by atomic mass is 79.9. The molecule has 0 atom stereocenters. The van der Waals surface area contributed by atoms with E-state index in [0.717, 1.165) is 5.33 Å². The van der Waals surface area contributed by atoms with E-state index >= 15 is 0 Å². The molecule has 0 aromatic heterocycles. The zero-order valence-electron chi connectivity index (χ0n) is 8.93. The van der Waals surface area contributed by atoms with E-state index in [1.165, 1.54) is 57.8 Å². The number of hydrogen-bond donors (Lipinski definition) is 0. The molecule has 2 saturated carbocycles. The van der Waals surface area contributed by atoms with Gasteiger partial charge >= 0.3 is 0 Å². The fourth-order valence-corrected chi connectivity index (χ4v) is 3.19. The highest BCUT2D eigenvalue weighted by Crippen LogP contribution is 2.36. The SMILES string of the molecule is BrCC1(OC2CCC2)CCCCCC1. The van der Waals surface area contributed by atoms with E-state index < -0.39 is 0 Å². The lowest BCUT2D eigenvalue weighted by Crippen LogP contribution is -2.40. The van der Waals surface area contributed by atoms with Gasteiger partial charge in [-0.1, -0.05) is 41.6 Å². The Morgan fingerprint density at radius 3 is 2.07 bits per heavy atom. The van der Waals surface area contributed by atoms with Crippen molar-refractivity contribution in [2.24, 2.45) is 0 Å². The van der Waals surface area contributed by atoms with Gasteiger partial charge in [0.1, 0.15) is 0 Å². The molecular weight excluding hydrogens is 240 g/mol. The van der Waals surface area contributed by atoms with Crippen LogP contribution in [0, 0.1) is 0 Å². The molecule has 0 bridgehead atoms. The molecule has 2 aliphatic rings. The van der Waals surface area contributed by atoms with Crippen LogP contribution in [0.1, 0.15) is 57.8 Å². The van der Waals surface area contributed by atoms with Crippen LogP contribution in [0.5, 0.6) is 0 Å². The van der Waals surface area contributed by atoms with Crippen LogP contribution in [0.2, 0.25) is 0 Å². The lowest BCUT2D eigenvalue weighted by atomic mass is 9.92. The summed E-state index contributed by atoms with van der Waals surface area (Å²) >= 11 is 3.66. The van der Waals surface area contributed by atoms with Gasteiger partial charge in [-0.15, -0.1) is 0 Å². The van der Waals surface area contributed by atoms with Gasteiger partial charge in [-0.2, -0.15) is 0 Å². The highest BCUT2D eigenvalue weighted by molar-refractivity contribution is 9.09. The molecule has 0 spiro atoms. The molecule has 0 saturated heterocycles. The summed E-state index contributed by atoms with van der Waals surface area (Å²) in [5.41, 5.74) is 0.196. The first-order valence-electron chi connectivity index (χ1n) is 6.08. The van der Waals surface area contributed by atoms with E-state index in [-0.39, 0.29) is 5.60 Å². The summed E-state index contributed by atoms with van der Waals surface area (Å²) in [7, 11) is 0. The molecule has 0 aromatic rings. The Hall–Kier alpha value is 0.440. The van der Waals surface area contributed by atoms with E-state index in [1.54, 1.807) is 0 Å². The van der Waals surface area contributed by atoms with Gasteiger partial charge in [0.05, 0.1) is 11.7 Å². The third kappa shape index (κ3) is 2.52. The minimum atomic E-state index is 0.196. The van der Waals surface area contributed by atoms with Crippen LogP contribution in [0.25, 0.3) is 0 Å². The molecule has 14 heavy (non-hydrogen) atoms. The maximum Gasteiger partial charge on any atom is 0.0782 e. The highest BCUT2D eigenvalue weighted by Gasteiger charge is 2.35. The first-order valence-corrected chi connectivity index (χ1v) is 7.21. The Kier molecular flexibility index (Phi) is 3.89. The minimum absolute atomic E-state index is 0.196. The molecular formula is C12H21BrO. The van der Waals surface area contributed by atoms with E-state index in [9.17, 15) is 0 Å². The molecule has 0 aromatic carbocycles. The molecule has 0 unspecified atom stereocenters. The summed E-state index contributed by atoms with van der Waals surface area (Å²) in [5.74, 6) is 0.